The Balaban J connectivity index is 1.40. The summed E-state index contributed by atoms with van der Waals surface area (Å²) >= 11 is 0. The Morgan fingerprint density at radius 3 is 2.81 bits per heavy atom. The molecular weight excluding hydrogens is 405 g/mol. The number of carbonyl (C=O) groups excluding carboxylic acids is 1. The van der Waals surface area contributed by atoms with Crippen LogP contribution in [0, 0.1) is 13.8 Å². The minimum atomic E-state index is -0.00317. The highest BCUT2D eigenvalue weighted by Crippen LogP contribution is 2.44. The lowest BCUT2D eigenvalue weighted by molar-refractivity contribution is -0.123. The fourth-order valence-electron chi connectivity index (χ4n) is 4.47. The van der Waals surface area contributed by atoms with Gasteiger partial charge in [-0.25, -0.2) is 0 Å². The molecule has 0 radical (unpaired) electrons. The zero-order valence-electron chi connectivity index (χ0n) is 18.5. The zero-order chi connectivity index (χ0) is 21.7. The van der Waals surface area contributed by atoms with E-state index in [1.165, 1.54) is 5.57 Å². The number of hydrogen-bond donors (Lipinski definition) is 0. The first kappa shape index (κ1) is 20.3. The van der Waals surface area contributed by atoms with Gasteiger partial charge < -0.3 is 9.30 Å². The summed E-state index contributed by atoms with van der Waals surface area (Å²) in [6, 6.07) is 2.69. The van der Waals surface area contributed by atoms with Crippen LogP contribution in [0.5, 0.6) is 0 Å². The molecular formula is C24H28N5OP. The highest BCUT2D eigenvalue weighted by molar-refractivity contribution is 7.52. The predicted molar refractivity (Wildman–Crippen MR) is 128 cm³/mol. The molecule has 31 heavy (non-hydrogen) atoms. The van der Waals surface area contributed by atoms with Crippen molar-refractivity contribution in [3.05, 3.63) is 65.0 Å². The largest absolute Gasteiger partial charge is 0.320 e. The Labute approximate surface area is 184 Å². The second-order valence-corrected chi connectivity index (χ2v) is 10.2. The average molecular weight is 433 g/mol. The van der Waals surface area contributed by atoms with Crippen molar-refractivity contribution in [2.75, 3.05) is 13.1 Å². The number of aliphatic imine (C=N–C) groups is 1. The zero-order valence-corrected chi connectivity index (χ0v) is 19.5. The maximum atomic E-state index is 13.0. The van der Waals surface area contributed by atoms with E-state index in [0.717, 1.165) is 53.0 Å². The maximum Gasteiger partial charge on any atom is 0.252 e. The summed E-state index contributed by atoms with van der Waals surface area (Å²) < 4.78 is 2.11. The third-order valence-electron chi connectivity index (χ3n) is 6.24. The number of aromatic nitrogens is 2. The van der Waals surface area contributed by atoms with Gasteiger partial charge in [0, 0.05) is 55.6 Å². The monoisotopic (exact) mass is 433 g/mol. The van der Waals surface area contributed by atoms with Crippen LogP contribution in [0.2, 0.25) is 0 Å². The van der Waals surface area contributed by atoms with Crippen molar-refractivity contribution in [3.63, 3.8) is 0 Å². The average Bonchev–Trinajstić information content (AvgIpc) is 3.18. The number of amides is 1. The van der Waals surface area contributed by atoms with Crippen molar-refractivity contribution < 1.29 is 4.79 Å². The molecule has 0 saturated carbocycles. The number of allylic oxidation sites excluding steroid dienone is 1. The summed E-state index contributed by atoms with van der Waals surface area (Å²) in [7, 11) is 0.467. The van der Waals surface area contributed by atoms with Crippen LogP contribution in [0.15, 0.2) is 53.1 Å². The van der Waals surface area contributed by atoms with E-state index in [4.69, 9.17) is 4.99 Å². The summed E-state index contributed by atoms with van der Waals surface area (Å²) in [4.78, 5) is 26.6. The quantitative estimate of drug-likeness (QED) is 0.685. The van der Waals surface area contributed by atoms with E-state index in [-0.39, 0.29) is 11.7 Å². The topological polar surface area (TPSA) is 53.2 Å². The number of nitrogens with zero attached hydrogens (tertiary/aromatic N) is 5. The lowest BCUT2D eigenvalue weighted by Crippen LogP contribution is -2.38. The number of aryl methyl sites for hydroxylation is 2. The van der Waals surface area contributed by atoms with Crippen LogP contribution < -0.4 is 0 Å². The van der Waals surface area contributed by atoms with Crippen molar-refractivity contribution in [1.29, 1.82) is 0 Å². The third kappa shape index (κ3) is 3.79. The highest BCUT2D eigenvalue weighted by Gasteiger charge is 2.30. The lowest BCUT2D eigenvalue weighted by Gasteiger charge is -2.34. The first-order valence-corrected chi connectivity index (χ1v) is 11.9. The maximum absolute atomic E-state index is 13.0. The molecule has 2 aromatic rings. The molecule has 0 fully saturated rings. The normalized spacial score (nSPS) is 22.7. The van der Waals surface area contributed by atoms with E-state index < -0.39 is 0 Å². The Morgan fingerprint density at radius 1 is 1.23 bits per heavy atom. The van der Waals surface area contributed by atoms with Gasteiger partial charge in [-0.1, -0.05) is 14.7 Å². The van der Waals surface area contributed by atoms with E-state index in [1.54, 1.807) is 6.08 Å². The van der Waals surface area contributed by atoms with Crippen LogP contribution in [-0.2, 0) is 4.79 Å². The lowest BCUT2D eigenvalue weighted by atomic mass is 10.0. The smallest absolute Gasteiger partial charge is 0.252 e. The van der Waals surface area contributed by atoms with Crippen LogP contribution in [0.1, 0.15) is 37.2 Å². The van der Waals surface area contributed by atoms with Crippen LogP contribution in [0.25, 0.3) is 10.8 Å². The van der Waals surface area contributed by atoms with Crippen molar-refractivity contribution in [2.45, 2.75) is 45.9 Å². The van der Waals surface area contributed by atoms with Crippen molar-refractivity contribution in [1.82, 2.24) is 19.2 Å². The molecule has 2 atom stereocenters. The van der Waals surface area contributed by atoms with Gasteiger partial charge in [-0.05, 0) is 51.1 Å². The van der Waals surface area contributed by atoms with E-state index in [0.29, 0.717) is 14.6 Å². The fourth-order valence-corrected chi connectivity index (χ4v) is 5.79. The van der Waals surface area contributed by atoms with Gasteiger partial charge in [-0.3, -0.25) is 19.7 Å². The summed E-state index contributed by atoms with van der Waals surface area (Å²) in [5.41, 5.74) is 6.34. The molecule has 0 N–H and O–H groups in total. The molecule has 7 heteroatoms. The molecule has 0 spiro atoms. The molecule has 0 aliphatic carbocycles. The van der Waals surface area contributed by atoms with Gasteiger partial charge >= 0.3 is 0 Å². The van der Waals surface area contributed by atoms with Gasteiger partial charge in [-0.2, -0.15) is 0 Å². The van der Waals surface area contributed by atoms with E-state index in [9.17, 15) is 4.79 Å². The Kier molecular flexibility index (Phi) is 5.15. The highest BCUT2D eigenvalue weighted by atomic mass is 31.1. The van der Waals surface area contributed by atoms with Crippen molar-refractivity contribution in [2.24, 2.45) is 4.99 Å². The van der Waals surface area contributed by atoms with E-state index >= 15 is 0 Å². The van der Waals surface area contributed by atoms with Crippen LogP contribution in [0.3, 0.4) is 0 Å². The van der Waals surface area contributed by atoms with E-state index in [1.807, 2.05) is 37.4 Å². The Hall–Kier alpha value is -2.56. The van der Waals surface area contributed by atoms with Crippen LogP contribution >= 0.6 is 8.58 Å². The summed E-state index contributed by atoms with van der Waals surface area (Å²) in [6.45, 7) is 10.5. The number of fused-ring (bicyclic) bond motifs is 2. The Morgan fingerprint density at radius 2 is 2.06 bits per heavy atom. The molecule has 3 aliphatic rings. The summed E-state index contributed by atoms with van der Waals surface area (Å²) in [5, 5.41) is 1.08. The molecule has 1 amide bonds. The van der Waals surface area contributed by atoms with Gasteiger partial charge in [0.25, 0.3) is 5.91 Å². The van der Waals surface area contributed by atoms with Gasteiger partial charge in [0.2, 0.25) is 0 Å². The fraction of sp³-hybridized carbons (Fsp3) is 0.375. The molecule has 160 valence electrons. The SMILES string of the molecule is Cc1cn2cc(C3=CC(=O)N4C=C(C5=CCN(C(C)C)CC5)N=CC4P3)cc2c(C)n1. The summed E-state index contributed by atoms with van der Waals surface area (Å²) in [5.74, 6) is 0.0282. The van der Waals surface area contributed by atoms with Gasteiger partial charge in [0.05, 0.1) is 28.4 Å². The summed E-state index contributed by atoms with van der Waals surface area (Å²) in [6.07, 6.45) is 13.1. The van der Waals surface area contributed by atoms with E-state index in [2.05, 4.69) is 46.5 Å². The van der Waals surface area contributed by atoms with Crippen molar-refractivity contribution in [3.8, 4) is 0 Å². The molecule has 5 rings (SSSR count). The molecule has 5 heterocycles. The first-order chi connectivity index (χ1) is 14.9. The molecule has 0 saturated heterocycles. The minimum absolute atomic E-state index is 0.00317. The molecule has 2 aromatic heterocycles. The molecule has 6 nitrogen and oxygen atoms in total. The molecule has 2 unspecified atom stereocenters. The number of rotatable bonds is 3. The first-order valence-electron chi connectivity index (χ1n) is 10.9. The third-order valence-corrected chi connectivity index (χ3v) is 7.71. The predicted octanol–water partition coefficient (Wildman–Crippen LogP) is 4.11. The minimum Gasteiger partial charge on any atom is -0.320 e. The second-order valence-electron chi connectivity index (χ2n) is 8.74. The molecule has 3 aliphatic heterocycles. The number of hydrogen-bond acceptors (Lipinski definition) is 4. The van der Waals surface area contributed by atoms with Gasteiger partial charge in [0.15, 0.2) is 0 Å². The standard InChI is InChI=1S/C24H28N5OP/c1-15(2)27-7-5-18(6-8-27)20-14-29-23(30)10-22(31-24(29)11-25-20)19-9-21-17(4)26-16(3)12-28(21)13-19/h5,9-15,24,31H,6-8H2,1-4H3. The molecule has 0 aromatic carbocycles. The number of carbonyl (C=O) groups is 1. The Bertz CT molecular complexity index is 1190. The van der Waals surface area contributed by atoms with Crippen LogP contribution in [-0.4, -0.2) is 56.2 Å². The second kappa shape index (κ2) is 7.85. The molecule has 0 bridgehead atoms. The van der Waals surface area contributed by atoms with Gasteiger partial charge in [0.1, 0.15) is 0 Å². The van der Waals surface area contributed by atoms with Crippen molar-refractivity contribution >= 4 is 31.5 Å². The van der Waals surface area contributed by atoms with Crippen LogP contribution in [0.4, 0.5) is 0 Å². The van der Waals surface area contributed by atoms with Gasteiger partial charge in [-0.15, -0.1) is 0 Å².